The number of hydrogen-bond acceptors (Lipinski definition) is 1. The minimum atomic E-state index is 0.750. The second-order valence-corrected chi connectivity index (χ2v) is 4.02. The van der Waals surface area contributed by atoms with E-state index in [-0.39, 0.29) is 0 Å². The molecule has 1 aromatic rings. The van der Waals surface area contributed by atoms with Gasteiger partial charge in [-0.05, 0) is 42.9 Å². The van der Waals surface area contributed by atoms with Crippen molar-refractivity contribution >= 4 is 0 Å². The van der Waals surface area contributed by atoms with Gasteiger partial charge in [0.25, 0.3) is 0 Å². The number of hydrogen-bond donors (Lipinski definition) is 1. The summed E-state index contributed by atoms with van der Waals surface area (Å²) in [6, 6.07) is 8.83. The van der Waals surface area contributed by atoms with E-state index >= 15 is 0 Å². The van der Waals surface area contributed by atoms with Crippen molar-refractivity contribution in [1.29, 1.82) is 0 Å². The highest BCUT2D eigenvalue weighted by Gasteiger charge is 2.13. The van der Waals surface area contributed by atoms with Gasteiger partial charge in [0.15, 0.2) is 0 Å². The summed E-state index contributed by atoms with van der Waals surface area (Å²) in [6.07, 6.45) is 3.95. The van der Waals surface area contributed by atoms with Crippen molar-refractivity contribution in [3.8, 4) is 0 Å². The summed E-state index contributed by atoms with van der Waals surface area (Å²) in [5, 5.41) is 0. The van der Waals surface area contributed by atoms with Gasteiger partial charge in [0.05, 0.1) is 0 Å². The summed E-state index contributed by atoms with van der Waals surface area (Å²) in [5.41, 5.74) is 8.00. The van der Waals surface area contributed by atoms with Crippen LogP contribution < -0.4 is 5.73 Å². The molecule has 1 aliphatic rings. The number of nitrogens with two attached hydrogens (primary N) is 1. The molecular weight excluding hydrogens is 170 g/mol. The lowest BCUT2D eigenvalue weighted by molar-refractivity contribution is 0.501. The van der Waals surface area contributed by atoms with Gasteiger partial charge < -0.3 is 5.73 Å². The quantitative estimate of drug-likeness (QED) is 0.670. The molecule has 1 unspecified atom stereocenters. The molecule has 14 heavy (non-hydrogen) atoms. The zero-order chi connectivity index (χ0) is 10.4. The first-order valence-electron chi connectivity index (χ1n) is 5.54. The average Bonchev–Trinajstić information content (AvgIpc) is 2.19. The zero-order valence-corrected chi connectivity index (χ0v) is 9.29. The van der Waals surface area contributed by atoms with E-state index in [1.165, 1.54) is 19.3 Å². The van der Waals surface area contributed by atoms with Gasteiger partial charge in [-0.3, -0.25) is 0 Å². The van der Waals surface area contributed by atoms with E-state index in [2.05, 4.69) is 31.2 Å². The molecule has 1 aromatic carbocycles. The summed E-state index contributed by atoms with van der Waals surface area (Å²) in [6.45, 7) is 5.00. The molecule has 0 amide bonds. The van der Waals surface area contributed by atoms with E-state index in [0.717, 1.165) is 12.5 Å². The Balaban J connectivity index is 0.000000293. The van der Waals surface area contributed by atoms with Crippen LogP contribution in [0.5, 0.6) is 0 Å². The number of fused-ring (bicyclic) bond motifs is 1. The van der Waals surface area contributed by atoms with Crippen LogP contribution in [0.4, 0.5) is 0 Å². The summed E-state index contributed by atoms with van der Waals surface area (Å²) in [5.74, 6) is 0.893. The highest BCUT2D eigenvalue weighted by atomic mass is 14.5. The molecule has 0 saturated carbocycles. The van der Waals surface area contributed by atoms with Crippen LogP contribution in [0, 0.1) is 5.92 Å². The monoisotopic (exact) mass is 191 g/mol. The van der Waals surface area contributed by atoms with E-state index in [1.807, 2.05) is 6.92 Å². The summed E-state index contributed by atoms with van der Waals surface area (Å²) >= 11 is 0. The van der Waals surface area contributed by atoms with Crippen molar-refractivity contribution in [2.24, 2.45) is 11.7 Å². The molecule has 0 saturated heterocycles. The maximum absolute atomic E-state index is 4.85. The molecule has 2 rings (SSSR count). The first-order chi connectivity index (χ1) is 6.77. The standard InChI is InChI=1S/C11H14.C2H7N/c1-9-6-7-10-4-2-3-5-11(10)8-9;1-2-3/h2-5,9H,6-8H2,1H3;2-3H2,1H3. The number of aryl methyl sites for hydroxylation is 1. The maximum Gasteiger partial charge on any atom is -0.0106 e. The molecule has 0 aromatic heterocycles. The zero-order valence-electron chi connectivity index (χ0n) is 9.29. The third kappa shape index (κ3) is 3.15. The van der Waals surface area contributed by atoms with Crippen molar-refractivity contribution in [2.75, 3.05) is 6.54 Å². The van der Waals surface area contributed by atoms with Gasteiger partial charge in [-0.1, -0.05) is 38.1 Å². The molecule has 0 aliphatic heterocycles. The fourth-order valence-electron chi connectivity index (χ4n) is 1.88. The summed E-state index contributed by atoms with van der Waals surface area (Å²) in [4.78, 5) is 0. The predicted molar refractivity (Wildman–Crippen MR) is 62.4 cm³/mol. The highest BCUT2D eigenvalue weighted by Crippen LogP contribution is 2.24. The van der Waals surface area contributed by atoms with Crippen LogP contribution in [0.3, 0.4) is 0 Å². The Hall–Kier alpha value is -0.820. The van der Waals surface area contributed by atoms with E-state index < -0.39 is 0 Å². The lowest BCUT2D eigenvalue weighted by Gasteiger charge is -2.20. The van der Waals surface area contributed by atoms with Gasteiger partial charge in [0, 0.05) is 0 Å². The van der Waals surface area contributed by atoms with Crippen LogP contribution in [-0.4, -0.2) is 6.54 Å². The van der Waals surface area contributed by atoms with Gasteiger partial charge in [0.1, 0.15) is 0 Å². The molecule has 1 heteroatoms. The lowest BCUT2D eigenvalue weighted by Crippen LogP contribution is -2.10. The van der Waals surface area contributed by atoms with Crippen molar-refractivity contribution in [3.05, 3.63) is 35.4 Å². The van der Waals surface area contributed by atoms with Gasteiger partial charge >= 0.3 is 0 Å². The van der Waals surface area contributed by atoms with E-state index in [0.29, 0.717) is 0 Å². The first-order valence-corrected chi connectivity index (χ1v) is 5.54. The largest absolute Gasteiger partial charge is 0.331 e. The Morgan fingerprint density at radius 3 is 2.50 bits per heavy atom. The summed E-state index contributed by atoms with van der Waals surface area (Å²) < 4.78 is 0. The van der Waals surface area contributed by atoms with Gasteiger partial charge in [0.2, 0.25) is 0 Å². The van der Waals surface area contributed by atoms with Crippen LogP contribution in [0.1, 0.15) is 31.4 Å². The molecular formula is C13H21N. The molecule has 1 nitrogen and oxygen atoms in total. The van der Waals surface area contributed by atoms with Crippen LogP contribution in [0.15, 0.2) is 24.3 Å². The second kappa shape index (κ2) is 5.82. The molecule has 0 radical (unpaired) electrons. The normalized spacial score (nSPS) is 19.2. The average molecular weight is 191 g/mol. The second-order valence-electron chi connectivity index (χ2n) is 4.02. The van der Waals surface area contributed by atoms with Crippen molar-refractivity contribution in [1.82, 2.24) is 0 Å². The van der Waals surface area contributed by atoms with Crippen molar-refractivity contribution in [3.63, 3.8) is 0 Å². The Morgan fingerprint density at radius 1 is 1.29 bits per heavy atom. The Morgan fingerprint density at radius 2 is 1.86 bits per heavy atom. The fourth-order valence-corrected chi connectivity index (χ4v) is 1.88. The van der Waals surface area contributed by atoms with E-state index in [4.69, 9.17) is 5.73 Å². The highest BCUT2D eigenvalue weighted by molar-refractivity contribution is 5.29. The number of benzene rings is 1. The summed E-state index contributed by atoms with van der Waals surface area (Å²) in [7, 11) is 0. The van der Waals surface area contributed by atoms with Crippen LogP contribution >= 0.6 is 0 Å². The Kier molecular flexibility index (Phi) is 4.68. The Labute approximate surface area is 87.3 Å². The number of rotatable bonds is 0. The maximum atomic E-state index is 4.85. The molecule has 1 atom stereocenters. The molecule has 78 valence electrons. The van der Waals surface area contributed by atoms with Crippen LogP contribution in [0.2, 0.25) is 0 Å². The van der Waals surface area contributed by atoms with E-state index in [1.54, 1.807) is 11.1 Å². The molecule has 0 heterocycles. The van der Waals surface area contributed by atoms with Crippen molar-refractivity contribution < 1.29 is 0 Å². The molecule has 1 aliphatic carbocycles. The Bertz CT molecular complexity index is 268. The lowest BCUT2D eigenvalue weighted by atomic mass is 9.85. The molecule has 2 N–H and O–H groups in total. The van der Waals surface area contributed by atoms with Crippen LogP contribution in [-0.2, 0) is 12.8 Å². The first kappa shape index (κ1) is 11.3. The third-order valence-electron chi connectivity index (χ3n) is 2.59. The predicted octanol–water partition coefficient (Wildman–Crippen LogP) is 2.78. The van der Waals surface area contributed by atoms with Gasteiger partial charge in [-0.2, -0.15) is 0 Å². The molecule has 0 bridgehead atoms. The van der Waals surface area contributed by atoms with E-state index in [9.17, 15) is 0 Å². The fraction of sp³-hybridized carbons (Fsp3) is 0.538. The third-order valence-corrected chi connectivity index (χ3v) is 2.59. The topological polar surface area (TPSA) is 26.0 Å². The van der Waals surface area contributed by atoms with Crippen LogP contribution in [0.25, 0.3) is 0 Å². The van der Waals surface area contributed by atoms with Gasteiger partial charge in [-0.15, -0.1) is 0 Å². The molecule has 0 spiro atoms. The minimum Gasteiger partial charge on any atom is -0.331 e. The SMILES string of the molecule is CC1CCc2ccccc2C1.CCN. The minimum absolute atomic E-state index is 0.750. The van der Waals surface area contributed by atoms with Gasteiger partial charge in [-0.25, -0.2) is 0 Å². The molecule has 0 fully saturated rings. The van der Waals surface area contributed by atoms with Crippen molar-refractivity contribution in [2.45, 2.75) is 33.1 Å². The smallest absolute Gasteiger partial charge is 0.0106 e.